The number of hydrogen-bond acceptors (Lipinski definition) is 3. The summed E-state index contributed by atoms with van der Waals surface area (Å²) in [7, 11) is -3.62. The van der Waals surface area contributed by atoms with Crippen LogP contribution < -0.4 is 4.72 Å². The van der Waals surface area contributed by atoms with E-state index in [1.165, 1.54) is 6.07 Å². The first-order valence-electron chi connectivity index (χ1n) is 4.45. The quantitative estimate of drug-likeness (QED) is 0.845. The van der Waals surface area contributed by atoms with Gasteiger partial charge in [0.2, 0.25) is 10.0 Å². The maximum atomic E-state index is 11.8. The third-order valence-corrected chi connectivity index (χ3v) is 5.49. The highest BCUT2D eigenvalue weighted by atomic mass is 35.5. The van der Waals surface area contributed by atoms with Crippen LogP contribution in [0.3, 0.4) is 0 Å². The highest BCUT2D eigenvalue weighted by molar-refractivity contribution is 7.89. The molecular weight excluding hydrogens is 313 g/mol. The molecule has 0 radical (unpaired) electrons. The number of hydrogen-bond donors (Lipinski definition) is 1. The molecule has 1 N–H and O–H groups in total. The molecule has 1 unspecified atom stereocenters. The Kier molecular flexibility index (Phi) is 5.35. The van der Waals surface area contributed by atoms with Crippen LogP contribution in [-0.2, 0) is 10.0 Å². The molecule has 0 spiro atoms. The molecule has 1 heterocycles. The Balaban J connectivity index is 2.82. The fourth-order valence-electron chi connectivity index (χ4n) is 0.931. The van der Waals surface area contributed by atoms with Crippen molar-refractivity contribution in [1.29, 1.82) is 0 Å². The monoisotopic (exact) mass is 321 g/mol. The Morgan fingerprint density at radius 3 is 2.56 bits per heavy atom. The van der Waals surface area contributed by atoms with E-state index in [1.54, 1.807) is 0 Å². The van der Waals surface area contributed by atoms with Crippen LogP contribution in [0, 0.1) is 0 Å². The molecule has 1 atom stereocenters. The second-order valence-electron chi connectivity index (χ2n) is 3.05. The van der Waals surface area contributed by atoms with Crippen LogP contribution in [0.2, 0.25) is 8.67 Å². The zero-order chi connectivity index (χ0) is 12.3. The molecule has 16 heavy (non-hydrogen) atoms. The summed E-state index contributed by atoms with van der Waals surface area (Å²) in [5.41, 5.74) is 0. The Hall–Kier alpha value is 0.480. The molecular formula is C8H10Cl3NO2S2. The second-order valence-corrected chi connectivity index (χ2v) is 7.68. The molecule has 3 nitrogen and oxygen atoms in total. The lowest BCUT2D eigenvalue weighted by Crippen LogP contribution is -2.29. The van der Waals surface area contributed by atoms with E-state index in [1.807, 2.05) is 6.92 Å². The van der Waals surface area contributed by atoms with Crippen LogP contribution in [-0.4, -0.2) is 20.3 Å². The molecule has 0 bridgehead atoms. The van der Waals surface area contributed by atoms with Gasteiger partial charge in [0.25, 0.3) is 0 Å². The number of sulfonamides is 1. The Bertz CT molecular complexity index is 458. The lowest BCUT2D eigenvalue weighted by molar-refractivity contribution is 0.579. The molecule has 0 aliphatic carbocycles. The molecule has 8 heteroatoms. The SMILES string of the molecule is CCC(Cl)CNS(=O)(=O)c1cc(Cl)sc1Cl. The highest BCUT2D eigenvalue weighted by Gasteiger charge is 2.21. The summed E-state index contributed by atoms with van der Waals surface area (Å²) in [6, 6.07) is 1.33. The lowest BCUT2D eigenvalue weighted by Gasteiger charge is -2.08. The van der Waals surface area contributed by atoms with Gasteiger partial charge in [-0.05, 0) is 12.5 Å². The van der Waals surface area contributed by atoms with Crippen molar-refractivity contribution in [2.45, 2.75) is 23.6 Å². The molecule has 0 amide bonds. The first-order valence-corrected chi connectivity index (χ1v) is 7.94. The topological polar surface area (TPSA) is 46.2 Å². The van der Waals surface area contributed by atoms with Crippen molar-refractivity contribution in [2.24, 2.45) is 0 Å². The minimum absolute atomic E-state index is 0.00383. The van der Waals surface area contributed by atoms with E-state index in [4.69, 9.17) is 34.8 Å². The summed E-state index contributed by atoms with van der Waals surface area (Å²) in [6.45, 7) is 2.05. The average molecular weight is 323 g/mol. The van der Waals surface area contributed by atoms with Gasteiger partial charge in [0.1, 0.15) is 9.23 Å². The van der Waals surface area contributed by atoms with Gasteiger partial charge in [-0.1, -0.05) is 30.1 Å². The third-order valence-electron chi connectivity index (χ3n) is 1.85. The van der Waals surface area contributed by atoms with Gasteiger partial charge in [-0.2, -0.15) is 0 Å². The van der Waals surface area contributed by atoms with Crippen LogP contribution >= 0.6 is 46.1 Å². The van der Waals surface area contributed by atoms with Crippen LogP contribution in [0.4, 0.5) is 0 Å². The smallest absolute Gasteiger partial charge is 0.210 e. The van der Waals surface area contributed by atoms with Crippen molar-refractivity contribution in [1.82, 2.24) is 4.72 Å². The Morgan fingerprint density at radius 2 is 2.12 bits per heavy atom. The number of nitrogens with one attached hydrogen (secondary N) is 1. The van der Waals surface area contributed by atoms with Crippen molar-refractivity contribution in [2.75, 3.05) is 6.54 Å². The number of halogens is 3. The largest absolute Gasteiger partial charge is 0.243 e. The van der Waals surface area contributed by atoms with Crippen LogP contribution in [0.5, 0.6) is 0 Å². The van der Waals surface area contributed by atoms with Crippen molar-refractivity contribution >= 4 is 56.2 Å². The van der Waals surface area contributed by atoms with Crippen LogP contribution in [0.1, 0.15) is 13.3 Å². The number of rotatable bonds is 5. The number of alkyl halides is 1. The van der Waals surface area contributed by atoms with Gasteiger partial charge in [0.15, 0.2) is 0 Å². The highest BCUT2D eigenvalue weighted by Crippen LogP contribution is 2.34. The molecule has 0 saturated heterocycles. The van der Waals surface area contributed by atoms with Gasteiger partial charge in [0.05, 0.1) is 4.34 Å². The Morgan fingerprint density at radius 1 is 1.50 bits per heavy atom. The van der Waals surface area contributed by atoms with Crippen molar-refractivity contribution in [3.8, 4) is 0 Å². The number of thiophene rings is 1. The normalized spacial score (nSPS) is 14.0. The summed E-state index contributed by atoms with van der Waals surface area (Å²) in [4.78, 5) is 0.00383. The third kappa shape index (κ3) is 3.75. The van der Waals surface area contributed by atoms with Crippen molar-refractivity contribution < 1.29 is 8.42 Å². The molecule has 0 aromatic carbocycles. The van der Waals surface area contributed by atoms with Crippen LogP contribution in [0.25, 0.3) is 0 Å². The molecule has 92 valence electrons. The minimum atomic E-state index is -3.62. The summed E-state index contributed by atoms with van der Waals surface area (Å²) in [6.07, 6.45) is 0.683. The first kappa shape index (κ1) is 14.5. The first-order chi connectivity index (χ1) is 7.36. The van der Waals surface area contributed by atoms with E-state index in [0.29, 0.717) is 10.8 Å². The van der Waals surface area contributed by atoms with E-state index in [9.17, 15) is 8.42 Å². The fraction of sp³-hybridized carbons (Fsp3) is 0.500. The zero-order valence-corrected chi connectivity index (χ0v) is 12.2. The van der Waals surface area contributed by atoms with Crippen molar-refractivity contribution in [3.05, 3.63) is 14.7 Å². The summed E-state index contributed by atoms with van der Waals surface area (Å²) in [5.74, 6) is 0. The Labute approximate surface area is 114 Å². The standard InChI is InChI=1S/C8H10Cl3NO2S2/c1-2-5(9)4-12-16(13,14)6-3-7(10)15-8(6)11/h3,5,12H,2,4H2,1H3. The molecule has 0 aliphatic rings. The van der Waals surface area contributed by atoms with Gasteiger partial charge >= 0.3 is 0 Å². The van der Waals surface area contributed by atoms with Gasteiger partial charge in [-0.15, -0.1) is 22.9 Å². The second kappa shape index (κ2) is 5.89. The van der Waals surface area contributed by atoms with Gasteiger partial charge in [-0.3, -0.25) is 0 Å². The van der Waals surface area contributed by atoms with E-state index < -0.39 is 10.0 Å². The molecule has 0 aliphatic heterocycles. The van der Waals surface area contributed by atoms with E-state index in [0.717, 1.165) is 11.3 Å². The lowest BCUT2D eigenvalue weighted by atomic mass is 10.3. The predicted molar refractivity (Wildman–Crippen MR) is 69.5 cm³/mol. The molecule has 0 fully saturated rings. The predicted octanol–water partition coefficient (Wildman–Crippen LogP) is 3.35. The van der Waals surface area contributed by atoms with E-state index in [2.05, 4.69) is 4.72 Å². The molecule has 0 saturated carbocycles. The minimum Gasteiger partial charge on any atom is -0.210 e. The summed E-state index contributed by atoms with van der Waals surface area (Å²) < 4.78 is 26.4. The average Bonchev–Trinajstić information content (AvgIpc) is 2.55. The zero-order valence-electron chi connectivity index (χ0n) is 8.34. The van der Waals surface area contributed by atoms with E-state index >= 15 is 0 Å². The van der Waals surface area contributed by atoms with Crippen LogP contribution in [0.15, 0.2) is 11.0 Å². The van der Waals surface area contributed by atoms with E-state index in [-0.39, 0.29) is 21.2 Å². The maximum Gasteiger partial charge on any atom is 0.243 e. The molecule has 1 aromatic rings. The van der Waals surface area contributed by atoms with Gasteiger partial charge in [0, 0.05) is 11.9 Å². The van der Waals surface area contributed by atoms with Crippen molar-refractivity contribution in [3.63, 3.8) is 0 Å². The maximum absolute atomic E-state index is 11.8. The van der Waals surface area contributed by atoms with Gasteiger partial charge in [-0.25, -0.2) is 13.1 Å². The molecule has 1 aromatic heterocycles. The summed E-state index contributed by atoms with van der Waals surface area (Å²) in [5, 5.41) is -0.234. The fourth-order valence-corrected chi connectivity index (χ4v) is 4.33. The molecule has 1 rings (SSSR count). The summed E-state index contributed by atoms with van der Waals surface area (Å²) >= 11 is 18.3. The van der Waals surface area contributed by atoms with Gasteiger partial charge < -0.3 is 0 Å².